The molecule has 5 heteroatoms. The van der Waals surface area contributed by atoms with Crippen LogP contribution in [0.1, 0.15) is 55.1 Å². The number of nitrogens with zero attached hydrogens (tertiary/aromatic N) is 1. The van der Waals surface area contributed by atoms with Gasteiger partial charge in [-0.25, -0.2) is 0 Å². The lowest BCUT2D eigenvalue weighted by Crippen LogP contribution is -2.27. The highest BCUT2D eigenvalue weighted by Crippen LogP contribution is 2.23. The number of hydrogen-bond donors (Lipinski definition) is 2. The van der Waals surface area contributed by atoms with E-state index in [1.54, 1.807) is 0 Å². The van der Waals surface area contributed by atoms with Gasteiger partial charge in [0.2, 0.25) is 5.91 Å². The molecule has 5 nitrogen and oxygen atoms in total. The number of rotatable bonds is 5. The Labute approximate surface area is 173 Å². The van der Waals surface area contributed by atoms with Crippen molar-refractivity contribution in [2.24, 2.45) is 0 Å². The minimum atomic E-state index is -0.106. The molecular weight excluding hydrogens is 362 g/mol. The Morgan fingerprint density at radius 3 is 2.24 bits per heavy atom. The first-order valence-electron chi connectivity index (χ1n) is 10.3. The molecule has 0 unspecified atom stereocenters. The normalized spacial score (nSPS) is 14.0. The van der Waals surface area contributed by atoms with E-state index in [4.69, 9.17) is 0 Å². The molecule has 1 saturated heterocycles. The van der Waals surface area contributed by atoms with E-state index in [1.165, 1.54) is 5.56 Å². The van der Waals surface area contributed by atoms with Crippen molar-refractivity contribution in [1.82, 2.24) is 4.90 Å². The summed E-state index contributed by atoms with van der Waals surface area (Å²) in [6.45, 7) is 10.3. The molecule has 0 atom stereocenters. The van der Waals surface area contributed by atoms with Crippen LogP contribution in [-0.2, 0) is 10.2 Å². The van der Waals surface area contributed by atoms with Crippen molar-refractivity contribution >= 4 is 23.2 Å². The third kappa shape index (κ3) is 5.37. The van der Waals surface area contributed by atoms with Crippen molar-refractivity contribution in [3.8, 4) is 0 Å². The first-order chi connectivity index (χ1) is 13.7. The van der Waals surface area contributed by atoms with E-state index in [2.05, 4.69) is 31.4 Å². The van der Waals surface area contributed by atoms with Crippen LogP contribution in [0.15, 0.2) is 42.5 Å². The van der Waals surface area contributed by atoms with Gasteiger partial charge >= 0.3 is 0 Å². The van der Waals surface area contributed by atoms with E-state index in [0.29, 0.717) is 5.56 Å². The number of aryl methyl sites for hydroxylation is 1. The summed E-state index contributed by atoms with van der Waals surface area (Å²) >= 11 is 0. The lowest BCUT2D eigenvalue weighted by atomic mass is 9.87. The highest BCUT2D eigenvalue weighted by atomic mass is 16.2. The van der Waals surface area contributed by atoms with Gasteiger partial charge in [-0.05, 0) is 66.6 Å². The molecule has 154 valence electrons. The second-order valence-electron chi connectivity index (χ2n) is 8.76. The molecule has 2 aromatic carbocycles. The third-order valence-electron chi connectivity index (χ3n) is 5.34. The SMILES string of the molecule is Cc1cc(C(=O)N2CCCC2)ccc1NCC(=O)Nc1ccc(C(C)(C)C)cc1. The van der Waals surface area contributed by atoms with Crippen LogP contribution in [0.4, 0.5) is 11.4 Å². The van der Waals surface area contributed by atoms with E-state index >= 15 is 0 Å². The Morgan fingerprint density at radius 1 is 1.00 bits per heavy atom. The maximum Gasteiger partial charge on any atom is 0.253 e. The molecule has 3 rings (SSSR count). The molecule has 2 N–H and O–H groups in total. The smallest absolute Gasteiger partial charge is 0.253 e. The van der Waals surface area contributed by atoms with Crippen LogP contribution in [0, 0.1) is 6.92 Å². The topological polar surface area (TPSA) is 61.4 Å². The first kappa shape index (κ1) is 20.9. The summed E-state index contributed by atoms with van der Waals surface area (Å²) in [7, 11) is 0. The van der Waals surface area contributed by atoms with Gasteiger partial charge in [0.1, 0.15) is 0 Å². The molecule has 1 aliphatic heterocycles. The van der Waals surface area contributed by atoms with Gasteiger partial charge in [0, 0.05) is 30.0 Å². The fourth-order valence-electron chi connectivity index (χ4n) is 3.53. The summed E-state index contributed by atoms with van der Waals surface area (Å²) in [5, 5.41) is 6.08. The zero-order valence-corrected chi connectivity index (χ0v) is 17.8. The Kier molecular flexibility index (Phi) is 6.26. The molecule has 0 radical (unpaired) electrons. The minimum absolute atomic E-state index is 0.0872. The van der Waals surface area contributed by atoms with E-state index < -0.39 is 0 Å². The highest BCUT2D eigenvalue weighted by molar-refractivity contribution is 5.96. The molecule has 2 aromatic rings. The van der Waals surface area contributed by atoms with Crippen molar-refractivity contribution in [2.75, 3.05) is 30.3 Å². The summed E-state index contributed by atoms with van der Waals surface area (Å²) < 4.78 is 0. The molecule has 0 spiro atoms. The largest absolute Gasteiger partial charge is 0.376 e. The predicted octanol–water partition coefficient (Wildman–Crippen LogP) is 4.58. The molecule has 0 aliphatic carbocycles. The summed E-state index contributed by atoms with van der Waals surface area (Å²) in [6, 6.07) is 13.6. The van der Waals surface area contributed by atoms with Gasteiger partial charge in [-0.2, -0.15) is 0 Å². The number of nitrogens with one attached hydrogen (secondary N) is 2. The fraction of sp³-hybridized carbons (Fsp3) is 0.417. The van der Waals surface area contributed by atoms with Crippen molar-refractivity contribution in [2.45, 2.75) is 46.0 Å². The number of benzene rings is 2. The standard InChI is InChI=1S/C24H31N3O2/c1-17-15-18(23(29)27-13-5-6-14-27)7-12-21(17)25-16-22(28)26-20-10-8-19(9-11-20)24(2,3)4/h7-12,15,25H,5-6,13-14,16H2,1-4H3,(H,26,28). The molecule has 0 bridgehead atoms. The van der Waals surface area contributed by atoms with Gasteiger partial charge in [-0.1, -0.05) is 32.9 Å². The number of carbonyl (C=O) groups is 2. The van der Waals surface area contributed by atoms with Gasteiger partial charge in [0.25, 0.3) is 5.91 Å². The maximum atomic E-state index is 12.5. The number of carbonyl (C=O) groups excluding carboxylic acids is 2. The fourth-order valence-corrected chi connectivity index (χ4v) is 3.53. The molecule has 1 aliphatic rings. The van der Waals surface area contributed by atoms with E-state index in [9.17, 15) is 9.59 Å². The van der Waals surface area contributed by atoms with Crippen LogP contribution in [0.2, 0.25) is 0 Å². The van der Waals surface area contributed by atoms with Gasteiger partial charge in [-0.3, -0.25) is 9.59 Å². The van der Waals surface area contributed by atoms with Gasteiger partial charge in [0.15, 0.2) is 0 Å². The van der Waals surface area contributed by atoms with Gasteiger partial charge in [-0.15, -0.1) is 0 Å². The Bertz CT molecular complexity index is 876. The Balaban J connectivity index is 1.55. The third-order valence-corrected chi connectivity index (χ3v) is 5.34. The first-order valence-corrected chi connectivity index (χ1v) is 10.3. The quantitative estimate of drug-likeness (QED) is 0.782. The predicted molar refractivity (Wildman–Crippen MR) is 119 cm³/mol. The number of amides is 2. The van der Waals surface area contributed by atoms with Crippen molar-refractivity contribution in [1.29, 1.82) is 0 Å². The average molecular weight is 394 g/mol. The molecule has 1 heterocycles. The van der Waals surface area contributed by atoms with Crippen molar-refractivity contribution in [3.05, 3.63) is 59.2 Å². The minimum Gasteiger partial charge on any atom is -0.376 e. The maximum absolute atomic E-state index is 12.5. The Morgan fingerprint density at radius 2 is 1.66 bits per heavy atom. The van der Waals surface area contributed by atoms with Crippen LogP contribution in [0.25, 0.3) is 0 Å². The molecule has 2 amide bonds. The summed E-state index contributed by atoms with van der Waals surface area (Å²) in [5.41, 5.74) is 4.63. The number of hydrogen-bond acceptors (Lipinski definition) is 3. The summed E-state index contributed by atoms with van der Waals surface area (Å²) in [4.78, 5) is 26.7. The van der Waals surface area contributed by atoms with Crippen LogP contribution < -0.4 is 10.6 Å². The second-order valence-corrected chi connectivity index (χ2v) is 8.76. The van der Waals surface area contributed by atoms with Crippen molar-refractivity contribution in [3.63, 3.8) is 0 Å². The van der Waals surface area contributed by atoms with Crippen molar-refractivity contribution < 1.29 is 9.59 Å². The summed E-state index contributed by atoms with van der Waals surface area (Å²) in [6.07, 6.45) is 2.16. The van der Waals surface area contributed by atoms with Crippen LogP contribution in [0.3, 0.4) is 0 Å². The van der Waals surface area contributed by atoms with E-state index in [0.717, 1.165) is 42.9 Å². The average Bonchev–Trinajstić information content (AvgIpc) is 3.21. The van der Waals surface area contributed by atoms with E-state index in [1.807, 2.05) is 54.3 Å². The molecule has 0 saturated carbocycles. The lowest BCUT2D eigenvalue weighted by Gasteiger charge is -2.19. The highest BCUT2D eigenvalue weighted by Gasteiger charge is 2.20. The molecule has 29 heavy (non-hydrogen) atoms. The molecular formula is C24H31N3O2. The van der Waals surface area contributed by atoms with Crippen LogP contribution in [-0.4, -0.2) is 36.3 Å². The molecule has 0 aromatic heterocycles. The monoisotopic (exact) mass is 393 g/mol. The zero-order chi connectivity index (χ0) is 21.0. The Hall–Kier alpha value is -2.82. The van der Waals surface area contributed by atoms with Gasteiger partial charge < -0.3 is 15.5 Å². The summed E-state index contributed by atoms with van der Waals surface area (Å²) in [5.74, 6) is -0.0151. The zero-order valence-electron chi connectivity index (χ0n) is 17.8. The number of likely N-dealkylation sites (tertiary alicyclic amines) is 1. The number of anilines is 2. The van der Waals surface area contributed by atoms with Gasteiger partial charge in [0.05, 0.1) is 6.54 Å². The lowest BCUT2D eigenvalue weighted by molar-refractivity contribution is -0.114. The van der Waals surface area contributed by atoms with E-state index in [-0.39, 0.29) is 23.8 Å². The van der Waals surface area contributed by atoms with Crippen LogP contribution in [0.5, 0.6) is 0 Å². The second kappa shape index (κ2) is 8.68. The van der Waals surface area contributed by atoms with Crippen LogP contribution >= 0.6 is 0 Å². The molecule has 1 fully saturated rings.